The second-order valence-electron chi connectivity index (χ2n) is 5.96. The van der Waals surface area contributed by atoms with E-state index in [4.69, 9.17) is 14.2 Å². The summed E-state index contributed by atoms with van der Waals surface area (Å²) in [6.07, 6.45) is 0. The summed E-state index contributed by atoms with van der Waals surface area (Å²) in [7, 11) is 4.41. The molecule has 1 aromatic heterocycles. The molecule has 12 heteroatoms. The summed E-state index contributed by atoms with van der Waals surface area (Å²) in [6, 6.07) is 9.47. The third kappa shape index (κ3) is 5.41. The Kier molecular flexibility index (Phi) is 7.26. The summed E-state index contributed by atoms with van der Waals surface area (Å²) in [4.78, 5) is 23.1. The molecule has 0 radical (unpaired) electrons. The van der Waals surface area contributed by atoms with Crippen molar-refractivity contribution in [1.29, 1.82) is 0 Å². The van der Waals surface area contributed by atoms with Crippen LogP contribution in [0.4, 0.5) is 10.8 Å². The van der Waals surface area contributed by atoms with E-state index in [-0.39, 0.29) is 5.69 Å². The normalized spacial score (nSPS) is 10.4. The molecule has 162 valence electrons. The maximum absolute atomic E-state index is 12.6. The van der Waals surface area contributed by atoms with Gasteiger partial charge in [-0.05, 0) is 17.7 Å². The monoisotopic (exact) mass is 462 g/mol. The summed E-state index contributed by atoms with van der Waals surface area (Å²) in [5.41, 5.74) is 1.13. The van der Waals surface area contributed by atoms with Gasteiger partial charge in [0.1, 0.15) is 0 Å². The van der Waals surface area contributed by atoms with Crippen LogP contribution >= 0.6 is 23.1 Å². The Morgan fingerprint density at radius 2 is 1.84 bits per heavy atom. The Bertz CT molecular complexity index is 1080. The molecule has 0 aliphatic carbocycles. The molecule has 2 aromatic carbocycles. The van der Waals surface area contributed by atoms with Gasteiger partial charge in [0.25, 0.3) is 11.6 Å². The van der Waals surface area contributed by atoms with Crippen molar-refractivity contribution >= 4 is 39.8 Å². The maximum atomic E-state index is 12.6. The van der Waals surface area contributed by atoms with Gasteiger partial charge in [-0.3, -0.25) is 20.2 Å². The first kappa shape index (κ1) is 22.3. The number of rotatable bonds is 9. The van der Waals surface area contributed by atoms with E-state index in [9.17, 15) is 14.9 Å². The van der Waals surface area contributed by atoms with Crippen LogP contribution in [0.2, 0.25) is 0 Å². The van der Waals surface area contributed by atoms with E-state index >= 15 is 0 Å². The molecule has 0 unspecified atom stereocenters. The van der Waals surface area contributed by atoms with E-state index in [1.54, 1.807) is 12.1 Å². The molecule has 0 atom stereocenters. The van der Waals surface area contributed by atoms with Crippen LogP contribution in [0, 0.1) is 10.1 Å². The number of nitrogens with one attached hydrogen (secondary N) is 1. The van der Waals surface area contributed by atoms with Gasteiger partial charge in [-0.2, -0.15) is 0 Å². The van der Waals surface area contributed by atoms with Crippen LogP contribution in [-0.4, -0.2) is 42.4 Å². The number of hydrogen-bond donors (Lipinski definition) is 1. The molecular weight excluding hydrogens is 444 g/mol. The molecule has 10 nitrogen and oxygen atoms in total. The van der Waals surface area contributed by atoms with Crippen LogP contribution in [0.15, 0.2) is 40.7 Å². The lowest BCUT2D eigenvalue weighted by atomic mass is 10.1. The van der Waals surface area contributed by atoms with Crippen molar-refractivity contribution in [1.82, 2.24) is 10.2 Å². The fourth-order valence-corrected chi connectivity index (χ4v) is 4.29. The number of aromatic nitrogens is 2. The number of thioether (sulfide) groups is 1. The lowest BCUT2D eigenvalue weighted by molar-refractivity contribution is -0.384. The number of carbonyl (C=O) groups is 1. The van der Waals surface area contributed by atoms with Gasteiger partial charge in [-0.1, -0.05) is 35.2 Å². The molecular formula is C19H18N4O6S2. The first-order valence-corrected chi connectivity index (χ1v) is 10.6. The predicted octanol–water partition coefficient (Wildman–Crippen LogP) is 4.02. The Hall–Kier alpha value is -3.38. The molecule has 31 heavy (non-hydrogen) atoms. The van der Waals surface area contributed by atoms with Crippen molar-refractivity contribution in [3.63, 3.8) is 0 Å². The summed E-state index contributed by atoms with van der Waals surface area (Å²) in [5.74, 6) is 1.18. The van der Waals surface area contributed by atoms with Crippen LogP contribution < -0.4 is 19.5 Å². The first-order chi connectivity index (χ1) is 14.9. The fraction of sp³-hybridized carbons (Fsp3) is 0.211. The summed E-state index contributed by atoms with van der Waals surface area (Å²) < 4.78 is 16.4. The second kappa shape index (κ2) is 10.1. The van der Waals surface area contributed by atoms with E-state index in [2.05, 4.69) is 15.5 Å². The number of non-ortho nitro benzene ring substituents is 1. The van der Waals surface area contributed by atoms with Crippen molar-refractivity contribution in [2.24, 2.45) is 0 Å². The van der Waals surface area contributed by atoms with Gasteiger partial charge in [0.05, 0.1) is 26.3 Å². The highest BCUT2D eigenvalue weighted by molar-refractivity contribution is 8.00. The highest BCUT2D eigenvalue weighted by Crippen LogP contribution is 2.38. The molecule has 3 rings (SSSR count). The number of nitrogens with zero attached hydrogens (tertiary/aromatic N) is 3. The van der Waals surface area contributed by atoms with Crippen molar-refractivity contribution in [2.75, 3.05) is 26.6 Å². The van der Waals surface area contributed by atoms with E-state index < -0.39 is 10.8 Å². The van der Waals surface area contributed by atoms with Crippen molar-refractivity contribution < 1.29 is 23.9 Å². The van der Waals surface area contributed by atoms with Gasteiger partial charge in [0, 0.05) is 23.4 Å². The number of ether oxygens (including phenoxy) is 3. The summed E-state index contributed by atoms with van der Waals surface area (Å²) in [5, 5.41) is 21.9. The minimum absolute atomic E-state index is 0.0358. The van der Waals surface area contributed by atoms with Gasteiger partial charge < -0.3 is 14.2 Å². The number of nitro groups is 1. The molecule has 0 fully saturated rings. The van der Waals surface area contributed by atoms with E-state index in [0.29, 0.717) is 38.0 Å². The highest BCUT2D eigenvalue weighted by Gasteiger charge is 2.18. The SMILES string of the molecule is COc1cc(C(=O)Nc2nnc(SCc3cccc([N+](=O)[O-])c3)s2)cc(OC)c1OC. The largest absolute Gasteiger partial charge is 0.493 e. The molecule has 0 spiro atoms. The van der Waals surface area contributed by atoms with Crippen LogP contribution in [0.1, 0.15) is 15.9 Å². The number of hydrogen-bond acceptors (Lipinski definition) is 10. The van der Waals surface area contributed by atoms with Gasteiger partial charge >= 0.3 is 0 Å². The van der Waals surface area contributed by atoms with Gasteiger partial charge in [0.15, 0.2) is 15.8 Å². The average Bonchev–Trinajstić information content (AvgIpc) is 3.23. The smallest absolute Gasteiger partial charge is 0.269 e. The molecule has 0 saturated carbocycles. The Morgan fingerprint density at radius 3 is 2.45 bits per heavy atom. The standard InChI is InChI=1S/C19H18N4O6S2/c1-27-14-8-12(9-15(28-2)16(14)29-3)17(24)20-18-21-22-19(31-18)30-10-11-5-4-6-13(7-11)23(25)26/h4-9H,10H2,1-3H3,(H,20,21,24). The van der Waals surface area contributed by atoms with E-state index in [1.807, 2.05) is 0 Å². The van der Waals surface area contributed by atoms with Crippen LogP contribution in [0.5, 0.6) is 17.2 Å². The number of amides is 1. The quantitative estimate of drug-likeness (QED) is 0.217. The van der Waals surface area contributed by atoms with Crippen molar-refractivity contribution in [3.8, 4) is 17.2 Å². The van der Waals surface area contributed by atoms with Crippen LogP contribution in [0.3, 0.4) is 0 Å². The lowest BCUT2D eigenvalue weighted by Crippen LogP contribution is -2.12. The topological polar surface area (TPSA) is 126 Å². The van der Waals surface area contributed by atoms with Gasteiger partial charge in [-0.25, -0.2) is 0 Å². The molecule has 0 aliphatic heterocycles. The molecule has 0 bridgehead atoms. The third-order valence-electron chi connectivity index (χ3n) is 4.04. The van der Waals surface area contributed by atoms with E-state index in [0.717, 1.165) is 5.56 Å². The van der Waals surface area contributed by atoms with Crippen LogP contribution in [-0.2, 0) is 5.75 Å². The Morgan fingerprint density at radius 1 is 1.13 bits per heavy atom. The van der Waals surface area contributed by atoms with Crippen molar-refractivity contribution in [3.05, 3.63) is 57.6 Å². The zero-order valence-corrected chi connectivity index (χ0v) is 18.4. The second-order valence-corrected chi connectivity index (χ2v) is 8.16. The predicted molar refractivity (Wildman–Crippen MR) is 117 cm³/mol. The average molecular weight is 463 g/mol. The zero-order valence-electron chi connectivity index (χ0n) is 16.8. The minimum Gasteiger partial charge on any atom is -0.493 e. The van der Waals surface area contributed by atoms with E-state index in [1.165, 1.54) is 68.7 Å². The number of methoxy groups -OCH3 is 3. The lowest BCUT2D eigenvalue weighted by Gasteiger charge is -2.13. The molecule has 1 heterocycles. The van der Waals surface area contributed by atoms with Gasteiger partial charge in [-0.15, -0.1) is 10.2 Å². The summed E-state index contributed by atoms with van der Waals surface area (Å²) >= 11 is 2.57. The number of carbonyl (C=O) groups excluding carboxylic acids is 1. The zero-order chi connectivity index (χ0) is 22.4. The minimum atomic E-state index is -0.435. The fourth-order valence-electron chi connectivity index (χ4n) is 2.60. The van der Waals surface area contributed by atoms with Crippen LogP contribution in [0.25, 0.3) is 0 Å². The Labute approximate surface area is 185 Å². The summed E-state index contributed by atoms with van der Waals surface area (Å²) in [6.45, 7) is 0. The first-order valence-electron chi connectivity index (χ1n) is 8.76. The Balaban J connectivity index is 1.67. The number of anilines is 1. The molecule has 3 aromatic rings. The maximum Gasteiger partial charge on any atom is 0.269 e. The molecule has 0 aliphatic rings. The third-order valence-corrected chi connectivity index (χ3v) is 6.08. The van der Waals surface area contributed by atoms with Gasteiger partial charge in [0.2, 0.25) is 10.9 Å². The van der Waals surface area contributed by atoms with Crippen molar-refractivity contribution in [2.45, 2.75) is 10.1 Å². The molecule has 0 saturated heterocycles. The number of nitro benzene ring substituents is 1. The molecule has 1 amide bonds. The highest BCUT2D eigenvalue weighted by atomic mass is 32.2. The molecule has 1 N–H and O–H groups in total. The number of benzene rings is 2.